The maximum Gasteiger partial charge on any atom is 1.00 e. The van der Waals surface area contributed by atoms with Crippen molar-refractivity contribution in [1.29, 1.82) is 0 Å². The van der Waals surface area contributed by atoms with Gasteiger partial charge in [0.15, 0.2) is 0 Å². The van der Waals surface area contributed by atoms with E-state index in [0.717, 1.165) is 0 Å². The highest BCUT2D eigenvalue weighted by Gasteiger charge is 1.96. The van der Waals surface area contributed by atoms with Crippen molar-refractivity contribution in [1.82, 2.24) is 0 Å². The summed E-state index contributed by atoms with van der Waals surface area (Å²) in [6, 6.07) is 0. The number of hydrogen-bond donors (Lipinski definition) is 0. The molecule has 6 nitrogen and oxygen atoms in total. The maximum atomic E-state index is 9.84. The Kier molecular flexibility index (Phi) is 6.31. The molecule has 0 bridgehead atoms. The van der Waals surface area contributed by atoms with Crippen LogP contribution >= 0.6 is 0 Å². The van der Waals surface area contributed by atoms with Crippen molar-refractivity contribution in [2.75, 3.05) is 0 Å². The van der Waals surface area contributed by atoms with Gasteiger partial charge in [-0.3, -0.25) is 0 Å². The first-order valence-corrected chi connectivity index (χ1v) is 5.26. The van der Waals surface area contributed by atoms with Crippen molar-refractivity contribution in [3.63, 3.8) is 0 Å². The molecule has 0 heterocycles. The van der Waals surface area contributed by atoms with E-state index in [2.05, 4.69) is 9.31 Å². The van der Waals surface area contributed by atoms with Gasteiger partial charge in [0.2, 0.25) is 0 Å². The summed E-state index contributed by atoms with van der Waals surface area (Å²) < 4.78 is 8.60. The Balaban J connectivity index is -0.000000125. The molecule has 0 aromatic carbocycles. The van der Waals surface area contributed by atoms with Gasteiger partial charge in [-0.25, -0.2) is 0 Å². The lowest BCUT2D eigenvalue weighted by Crippen LogP contribution is -2.47. The summed E-state index contributed by atoms with van der Waals surface area (Å²) in [6.45, 7) is 0. The minimum atomic E-state index is -2.18. The fourth-order valence-electron chi connectivity index (χ4n) is 1.28. The molecule has 2 rings (SSSR count). The smallest absolute Gasteiger partial charge is 0.860 e. The summed E-state index contributed by atoms with van der Waals surface area (Å²) in [5, 5.41) is 39.3. The monoisotopic (exact) mass is 252 g/mol. The fourth-order valence-corrected chi connectivity index (χ4v) is 1.28. The minimum Gasteiger partial charge on any atom is -0.860 e. The molecule has 0 fully saturated rings. The van der Waals surface area contributed by atoms with Crippen LogP contribution in [0.25, 0.3) is 0 Å². The van der Waals surface area contributed by atoms with Crippen LogP contribution in [0.3, 0.4) is 0 Å². The van der Waals surface area contributed by atoms with E-state index in [0.29, 0.717) is 24.4 Å². The third kappa shape index (κ3) is 6.31. The predicted octanol–water partition coefficient (Wildman–Crippen LogP) is -2.45. The van der Waals surface area contributed by atoms with Gasteiger partial charge in [0.1, 0.15) is 14.6 Å². The summed E-state index contributed by atoms with van der Waals surface area (Å²) in [5.74, 6) is 0.926. The van der Waals surface area contributed by atoms with E-state index >= 15 is 0 Å². The van der Waals surface area contributed by atoms with Gasteiger partial charge in [0.25, 0.3) is 0 Å². The highest BCUT2D eigenvalue weighted by atomic mass is 16.6. The summed E-state index contributed by atoms with van der Waals surface area (Å²) >= 11 is 0. The molecular weight excluding hydrogens is 238 g/mol. The molecule has 8 heteroatoms. The van der Waals surface area contributed by atoms with Crippen molar-refractivity contribution >= 4 is 14.6 Å². The second-order valence-electron chi connectivity index (χ2n) is 3.34. The molecule has 2 aliphatic rings. The van der Waals surface area contributed by atoms with E-state index in [4.69, 9.17) is 0 Å². The van der Waals surface area contributed by atoms with Gasteiger partial charge in [-0.2, -0.15) is 0 Å². The molecule has 0 aromatic rings. The molecule has 96 valence electrons. The van der Waals surface area contributed by atoms with Crippen LogP contribution in [0.5, 0.6) is 0 Å². The Labute approximate surface area is 111 Å². The van der Waals surface area contributed by atoms with E-state index in [1.807, 2.05) is 12.2 Å². The zero-order chi connectivity index (χ0) is 13.4. The molecule has 0 amide bonds. The van der Waals surface area contributed by atoms with E-state index in [-0.39, 0.29) is 5.71 Å². The minimum absolute atomic E-state index is 0. The SMILES string of the molecule is [H+].[H+].[H+].[H+].[O-]B([O-])OC1=CC=CC1.[O-]B([O-])OC1=CC=CC1. The summed E-state index contributed by atoms with van der Waals surface area (Å²) in [5.41, 5.74) is 0. The molecule has 2 aliphatic carbocycles. The molecule has 0 saturated carbocycles. The molecule has 0 aliphatic heterocycles. The van der Waals surface area contributed by atoms with E-state index < -0.39 is 14.6 Å². The summed E-state index contributed by atoms with van der Waals surface area (Å²) in [6.07, 6.45) is 11.5. The van der Waals surface area contributed by atoms with Crippen LogP contribution in [0.1, 0.15) is 18.5 Å². The Morgan fingerprint density at radius 2 is 1.22 bits per heavy atom. The van der Waals surface area contributed by atoms with Gasteiger partial charge in [0, 0.05) is 12.8 Å². The van der Waals surface area contributed by atoms with Gasteiger partial charge in [-0.05, 0) is 12.2 Å². The zero-order valence-corrected chi connectivity index (χ0v) is 9.48. The van der Waals surface area contributed by atoms with Crippen molar-refractivity contribution in [3.05, 3.63) is 48.0 Å². The van der Waals surface area contributed by atoms with E-state index in [1.54, 1.807) is 24.3 Å². The maximum absolute atomic E-state index is 9.84. The second kappa shape index (κ2) is 7.78. The average molecular weight is 252 g/mol. The predicted molar refractivity (Wildman–Crippen MR) is 61.8 cm³/mol. The third-order valence-electron chi connectivity index (χ3n) is 1.97. The van der Waals surface area contributed by atoms with Crippen LogP contribution in [0.15, 0.2) is 48.0 Å². The van der Waals surface area contributed by atoms with Gasteiger partial charge in [-0.1, -0.05) is 24.3 Å². The van der Waals surface area contributed by atoms with Gasteiger partial charge >= 0.3 is 5.71 Å². The lowest BCUT2D eigenvalue weighted by Gasteiger charge is -2.27. The first-order chi connectivity index (χ1) is 8.58. The first-order valence-electron chi connectivity index (χ1n) is 5.26. The lowest BCUT2D eigenvalue weighted by molar-refractivity contribution is -0.379. The zero-order valence-electron chi connectivity index (χ0n) is 13.5. The Morgan fingerprint density at radius 1 is 0.833 bits per heavy atom. The van der Waals surface area contributed by atoms with Crippen LogP contribution in [0.2, 0.25) is 0 Å². The lowest BCUT2D eigenvalue weighted by atomic mass is 10.2. The molecule has 0 spiro atoms. The quantitative estimate of drug-likeness (QED) is 0.513. The first kappa shape index (κ1) is 14.6. The standard InChI is InChI=1S/2C5H5BO3/c2*7-6(8)9-5-3-1-2-4-5/h2*1-3H,4H2/q2*-2/p+4. The number of allylic oxidation sites excluding steroid dienone is 6. The highest BCUT2D eigenvalue weighted by Crippen LogP contribution is 2.10. The number of hydrogen-bond acceptors (Lipinski definition) is 6. The van der Waals surface area contributed by atoms with E-state index in [9.17, 15) is 20.1 Å². The van der Waals surface area contributed by atoms with Gasteiger partial charge in [0.05, 0.1) is 11.5 Å². The Hall–Kier alpha value is -1.47. The molecule has 0 radical (unpaired) electrons. The van der Waals surface area contributed by atoms with Crippen molar-refractivity contribution in [3.8, 4) is 0 Å². The molecule has 18 heavy (non-hydrogen) atoms. The van der Waals surface area contributed by atoms with E-state index in [1.165, 1.54) is 0 Å². The van der Waals surface area contributed by atoms with Gasteiger partial charge in [-0.15, -0.1) is 0 Å². The molecule has 0 saturated heterocycles. The second-order valence-corrected chi connectivity index (χ2v) is 3.34. The Bertz CT molecular complexity index is 352. The molecule has 0 N–H and O–H groups in total. The molecule has 0 atom stereocenters. The van der Waals surface area contributed by atoms with Crippen molar-refractivity contribution in [2.24, 2.45) is 0 Å². The van der Waals surface area contributed by atoms with Crippen LogP contribution in [0, 0.1) is 0 Å². The van der Waals surface area contributed by atoms with Crippen molar-refractivity contribution < 1.29 is 35.1 Å². The van der Waals surface area contributed by atoms with Crippen LogP contribution in [0.4, 0.5) is 0 Å². The summed E-state index contributed by atoms with van der Waals surface area (Å²) in [4.78, 5) is 0. The largest absolute Gasteiger partial charge is 1.00 e. The molecular formula is C10H14B2O6. The number of rotatable bonds is 4. The molecule has 0 aromatic heterocycles. The average Bonchev–Trinajstić information content (AvgIpc) is 2.90. The van der Waals surface area contributed by atoms with Crippen LogP contribution < -0.4 is 20.1 Å². The Morgan fingerprint density at radius 3 is 1.44 bits per heavy atom. The molecule has 0 unspecified atom stereocenters. The third-order valence-corrected chi connectivity index (χ3v) is 1.97. The van der Waals surface area contributed by atoms with Crippen LogP contribution in [-0.4, -0.2) is 14.6 Å². The fraction of sp³-hybridized carbons (Fsp3) is 0.200. The summed E-state index contributed by atoms with van der Waals surface area (Å²) in [7, 11) is -4.37. The van der Waals surface area contributed by atoms with Crippen molar-refractivity contribution in [2.45, 2.75) is 12.8 Å². The van der Waals surface area contributed by atoms with Crippen LogP contribution in [-0.2, 0) is 9.31 Å². The topological polar surface area (TPSA) is 111 Å². The highest BCUT2D eigenvalue weighted by molar-refractivity contribution is 6.29. The normalized spacial score (nSPS) is 15.6. The van der Waals surface area contributed by atoms with Gasteiger partial charge < -0.3 is 29.4 Å².